The van der Waals surface area contributed by atoms with Gasteiger partial charge in [-0.1, -0.05) is 13.3 Å². The number of fused-ring (bicyclic) bond motifs is 1. The monoisotopic (exact) mass is 374 g/mol. The summed E-state index contributed by atoms with van der Waals surface area (Å²) in [6.45, 7) is 2.91. The van der Waals surface area contributed by atoms with Crippen LogP contribution in [-0.2, 0) is 6.42 Å². The highest BCUT2D eigenvalue weighted by molar-refractivity contribution is 5.95. The number of aryl methyl sites for hydroxylation is 1. The summed E-state index contributed by atoms with van der Waals surface area (Å²) >= 11 is 0. The van der Waals surface area contributed by atoms with E-state index in [0.717, 1.165) is 24.8 Å². The second-order valence-corrected chi connectivity index (χ2v) is 7.54. The predicted molar refractivity (Wildman–Crippen MR) is 100 cm³/mol. The normalized spacial score (nSPS) is 19.8. The lowest BCUT2D eigenvalue weighted by molar-refractivity contribution is 0.0695. The Morgan fingerprint density at radius 1 is 1.33 bits per heavy atom. The number of aliphatic hydroxyl groups excluding tert-OH is 1. The second-order valence-electron chi connectivity index (χ2n) is 7.54. The maximum absolute atomic E-state index is 15.1. The van der Waals surface area contributed by atoms with Gasteiger partial charge in [-0.25, -0.2) is 9.18 Å². The molecule has 1 saturated heterocycles. The number of aromatic nitrogens is 1. The molecule has 2 fully saturated rings. The van der Waals surface area contributed by atoms with E-state index in [-0.39, 0.29) is 17.0 Å². The quantitative estimate of drug-likeness (QED) is 0.841. The Balaban J connectivity index is 2.06. The standard InChI is InChI=1S/C20H23FN2O4/c1-2-3-13-17-14(8-16(21)18(13)22-7-6-12(24)9-22)19(25)15(20(26)27)10-23(17)11-4-5-11/h8,10-12,24H,2-7,9H2,1H3,(H,26,27). The fraction of sp³-hybridized carbons (Fsp3) is 0.500. The van der Waals surface area contributed by atoms with Crippen molar-refractivity contribution in [3.63, 3.8) is 0 Å². The van der Waals surface area contributed by atoms with Gasteiger partial charge in [-0.3, -0.25) is 4.79 Å². The van der Waals surface area contributed by atoms with Gasteiger partial charge in [0.05, 0.1) is 17.3 Å². The molecule has 144 valence electrons. The van der Waals surface area contributed by atoms with Crippen molar-refractivity contribution in [3.05, 3.63) is 39.4 Å². The first-order valence-corrected chi connectivity index (χ1v) is 9.48. The van der Waals surface area contributed by atoms with Gasteiger partial charge in [-0.05, 0) is 31.7 Å². The smallest absolute Gasteiger partial charge is 0.341 e. The third kappa shape index (κ3) is 3.00. The van der Waals surface area contributed by atoms with Crippen LogP contribution in [0.15, 0.2) is 17.1 Å². The number of anilines is 1. The van der Waals surface area contributed by atoms with Crippen LogP contribution in [0.25, 0.3) is 10.9 Å². The summed E-state index contributed by atoms with van der Waals surface area (Å²) in [6, 6.07) is 1.33. The summed E-state index contributed by atoms with van der Waals surface area (Å²) in [5.74, 6) is -1.82. The van der Waals surface area contributed by atoms with E-state index in [1.165, 1.54) is 12.3 Å². The van der Waals surface area contributed by atoms with Gasteiger partial charge in [0.25, 0.3) is 0 Å². The van der Waals surface area contributed by atoms with Crippen LogP contribution >= 0.6 is 0 Å². The first-order valence-electron chi connectivity index (χ1n) is 9.48. The van der Waals surface area contributed by atoms with Gasteiger partial charge < -0.3 is 19.7 Å². The van der Waals surface area contributed by atoms with Crippen LogP contribution in [0.3, 0.4) is 0 Å². The molecule has 2 N–H and O–H groups in total. The molecule has 1 aliphatic heterocycles. The minimum atomic E-state index is -1.29. The molecule has 4 rings (SSSR count). The summed E-state index contributed by atoms with van der Waals surface area (Å²) in [4.78, 5) is 26.1. The lowest BCUT2D eigenvalue weighted by Gasteiger charge is -2.25. The molecule has 1 saturated carbocycles. The van der Waals surface area contributed by atoms with Crippen LogP contribution in [-0.4, -0.2) is 39.9 Å². The SMILES string of the molecule is CCCc1c(N2CCC(O)C2)c(F)cc2c(=O)c(C(=O)O)cn(C3CC3)c12. The molecule has 1 aromatic carbocycles. The van der Waals surface area contributed by atoms with Crippen molar-refractivity contribution in [2.75, 3.05) is 18.0 Å². The Kier molecular flexibility index (Phi) is 4.42. The maximum Gasteiger partial charge on any atom is 0.341 e. The summed E-state index contributed by atoms with van der Waals surface area (Å²) in [7, 11) is 0. The van der Waals surface area contributed by atoms with E-state index >= 15 is 4.39 Å². The van der Waals surface area contributed by atoms with Crippen molar-refractivity contribution < 1.29 is 19.4 Å². The third-order valence-corrected chi connectivity index (χ3v) is 5.49. The third-order valence-electron chi connectivity index (χ3n) is 5.49. The number of hydrogen-bond acceptors (Lipinski definition) is 4. The average molecular weight is 374 g/mol. The second kappa shape index (κ2) is 6.64. The Labute approximate surface area is 155 Å². The molecule has 0 bridgehead atoms. The predicted octanol–water partition coefficient (Wildman–Crippen LogP) is 2.70. The van der Waals surface area contributed by atoms with Gasteiger partial charge in [-0.15, -0.1) is 0 Å². The first kappa shape index (κ1) is 18.0. The molecule has 1 aliphatic carbocycles. The van der Waals surface area contributed by atoms with Crippen molar-refractivity contribution in [3.8, 4) is 0 Å². The lowest BCUT2D eigenvalue weighted by atomic mass is 9.99. The van der Waals surface area contributed by atoms with Crippen LogP contribution < -0.4 is 10.3 Å². The number of β-amino-alcohol motifs (C(OH)–C–C–N with tert-alkyl or cyclic N) is 1. The molecule has 1 atom stereocenters. The van der Waals surface area contributed by atoms with Crippen LogP contribution in [0.2, 0.25) is 0 Å². The van der Waals surface area contributed by atoms with E-state index in [1.807, 2.05) is 16.4 Å². The number of halogens is 1. The van der Waals surface area contributed by atoms with Gasteiger partial charge in [0.1, 0.15) is 11.4 Å². The van der Waals surface area contributed by atoms with Crippen molar-refractivity contribution in [2.24, 2.45) is 0 Å². The molecule has 0 amide bonds. The molecular weight excluding hydrogens is 351 g/mol. The van der Waals surface area contributed by atoms with Crippen LogP contribution in [0.1, 0.15) is 54.6 Å². The number of carbonyl (C=O) groups is 1. The minimum Gasteiger partial charge on any atom is -0.477 e. The molecule has 2 heterocycles. The molecule has 2 aliphatic rings. The van der Waals surface area contributed by atoms with Gasteiger partial charge in [0.15, 0.2) is 0 Å². The molecule has 7 heteroatoms. The van der Waals surface area contributed by atoms with Crippen molar-refractivity contribution >= 4 is 22.6 Å². The maximum atomic E-state index is 15.1. The van der Waals surface area contributed by atoms with Gasteiger partial charge in [-0.2, -0.15) is 0 Å². The molecular formula is C20H23FN2O4. The zero-order chi connectivity index (χ0) is 19.3. The number of carboxylic acid groups (broad SMARTS) is 1. The highest BCUT2D eigenvalue weighted by Gasteiger charge is 2.31. The molecule has 6 nitrogen and oxygen atoms in total. The fourth-order valence-corrected chi connectivity index (χ4v) is 4.12. The molecule has 27 heavy (non-hydrogen) atoms. The number of pyridine rings is 1. The van der Waals surface area contributed by atoms with E-state index in [4.69, 9.17) is 0 Å². The zero-order valence-corrected chi connectivity index (χ0v) is 15.2. The Morgan fingerprint density at radius 2 is 2.07 bits per heavy atom. The molecule has 1 unspecified atom stereocenters. The highest BCUT2D eigenvalue weighted by Crippen LogP contribution is 2.41. The van der Waals surface area contributed by atoms with E-state index in [9.17, 15) is 19.8 Å². The summed E-state index contributed by atoms with van der Waals surface area (Å²) in [6.07, 6.45) is 4.68. The van der Waals surface area contributed by atoms with Crippen molar-refractivity contribution in [1.29, 1.82) is 0 Å². The van der Waals surface area contributed by atoms with Crippen molar-refractivity contribution in [1.82, 2.24) is 4.57 Å². The van der Waals surface area contributed by atoms with Crippen LogP contribution in [0.4, 0.5) is 10.1 Å². The number of rotatable bonds is 5. The number of carboxylic acids is 1. The summed E-state index contributed by atoms with van der Waals surface area (Å²) < 4.78 is 17.0. The number of aliphatic hydroxyl groups is 1. The van der Waals surface area contributed by atoms with Crippen LogP contribution in [0, 0.1) is 5.82 Å². The number of benzene rings is 1. The minimum absolute atomic E-state index is 0.131. The molecule has 2 aromatic rings. The Hall–Kier alpha value is -2.41. The average Bonchev–Trinajstić information content (AvgIpc) is 3.37. The van der Waals surface area contributed by atoms with E-state index < -0.39 is 23.3 Å². The Bertz CT molecular complexity index is 980. The number of nitrogens with zero attached hydrogens (tertiary/aromatic N) is 2. The zero-order valence-electron chi connectivity index (χ0n) is 15.2. The summed E-state index contributed by atoms with van der Waals surface area (Å²) in [5.41, 5.74) is 0.867. The van der Waals surface area contributed by atoms with Crippen LogP contribution in [0.5, 0.6) is 0 Å². The molecule has 0 radical (unpaired) electrons. The lowest BCUT2D eigenvalue weighted by Crippen LogP contribution is -2.26. The largest absolute Gasteiger partial charge is 0.477 e. The number of hydrogen-bond donors (Lipinski definition) is 2. The topological polar surface area (TPSA) is 82.8 Å². The van der Waals surface area contributed by atoms with E-state index in [0.29, 0.717) is 37.1 Å². The van der Waals surface area contributed by atoms with Gasteiger partial charge >= 0.3 is 5.97 Å². The summed E-state index contributed by atoms with van der Waals surface area (Å²) in [5, 5.41) is 19.4. The first-order chi connectivity index (χ1) is 12.9. The van der Waals surface area contributed by atoms with Crippen molar-refractivity contribution in [2.45, 2.75) is 51.2 Å². The molecule has 1 aromatic heterocycles. The van der Waals surface area contributed by atoms with E-state index in [2.05, 4.69) is 0 Å². The Morgan fingerprint density at radius 3 is 2.63 bits per heavy atom. The fourth-order valence-electron chi connectivity index (χ4n) is 4.12. The molecule has 0 spiro atoms. The van der Waals surface area contributed by atoms with E-state index in [1.54, 1.807) is 0 Å². The van der Waals surface area contributed by atoms with Gasteiger partial charge in [0, 0.05) is 36.3 Å². The number of aromatic carboxylic acids is 1. The van der Waals surface area contributed by atoms with Gasteiger partial charge in [0.2, 0.25) is 5.43 Å². The highest BCUT2D eigenvalue weighted by atomic mass is 19.1.